The lowest BCUT2D eigenvalue weighted by atomic mass is 10.2. The molecule has 12 heavy (non-hydrogen) atoms. The summed E-state index contributed by atoms with van der Waals surface area (Å²) in [7, 11) is 0. The van der Waals surface area contributed by atoms with Gasteiger partial charge in [-0.25, -0.2) is 0 Å². The number of aliphatic carboxylic acids is 1. The van der Waals surface area contributed by atoms with Crippen molar-refractivity contribution in [3.8, 4) is 0 Å². The van der Waals surface area contributed by atoms with Crippen LogP contribution in [0, 0.1) is 11.8 Å². The monoisotopic (exact) mass is 168 g/mol. The van der Waals surface area contributed by atoms with Gasteiger partial charge in [-0.15, -0.1) is 0 Å². The molecular formula is C10H16O2. The van der Waals surface area contributed by atoms with Crippen molar-refractivity contribution in [2.45, 2.75) is 32.6 Å². The molecule has 68 valence electrons. The molecule has 0 amide bonds. The highest BCUT2D eigenvalue weighted by molar-refractivity contribution is 5.73. The van der Waals surface area contributed by atoms with E-state index in [-0.39, 0.29) is 5.92 Å². The molecule has 2 unspecified atom stereocenters. The minimum absolute atomic E-state index is 0.0807. The van der Waals surface area contributed by atoms with Gasteiger partial charge in [0.15, 0.2) is 0 Å². The number of carbonyl (C=O) groups is 1. The number of hydrogen-bond acceptors (Lipinski definition) is 1. The van der Waals surface area contributed by atoms with Gasteiger partial charge in [0.1, 0.15) is 0 Å². The highest BCUT2D eigenvalue weighted by atomic mass is 16.4. The summed E-state index contributed by atoms with van der Waals surface area (Å²) in [6, 6.07) is 0. The molecule has 1 rings (SSSR count). The topological polar surface area (TPSA) is 37.3 Å². The number of carboxylic acids is 1. The second kappa shape index (κ2) is 4.29. The van der Waals surface area contributed by atoms with Crippen LogP contribution in [0.25, 0.3) is 0 Å². The third-order valence-corrected chi connectivity index (χ3v) is 2.26. The third kappa shape index (κ3) is 2.68. The Kier molecular flexibility index (Phi) is 3.32. The van der Waals surface area contributed by atoms with Crippen LogP contribution >= 0.6 is 0 Å². The summed E-state index contributed by atoms with van der Waals surface area (Å²) in [6.45, 7) is 2.16. The van der Waals surface area contributed by atoms with E-state index in [1.807, 2.05) is 0 Å². The lowest BCUT2D eigenvalue weighted by Crippen LogP contribution is -1.97. The number of carboxylic acid groups (broad SMARTS) is 1. The van der Waals surface area contributed by atoms with Crippen molar-refractivity contribution < 1.29 is 9.90 Å². The van der Waals surface area contributed by atoms with Crippen molar-refractivity contribution in [1.82, 2.24) is 0 Å². The van der Waals surface area contributed by atoms with Gasteiger partial charge in [0.25, 0.3) is 0 Å². The van der Waals surface area contributed by atoms with Gasteiger partial charge in [-0.2, -0.15) is 0 Å². The highest BCUT2D eigenvalue weighted by Gasteiger charge is 2.40. The van der Waals surface area contributed by atoms with Gasteiger partial charge >= 0.3 is 5.97 Å². The first-order valence-corrected chi connectivity index (χ1v) is 4.65. The summed E-state index contributed by atoms with van der Waals surface area (Å²) in [6.07, 6.45) is 8.54. The van der Waals surface area contributed by atoms with Crippen LogP contribution in [0.15, 0.2) is 12.2 Å². The summed E-state index contributed by atoms with van der Waals surface area (Å²) in [5.41, 5.74) is 0. The second-order valence-corrected chi connectivity index (χ2v) is 3.41. The molecule has 0 bridgehead atoms. The van der Waals surface area contributed by atoms with E-state index < -0.39 is 5.97 Å². The fraction of sp³-hybridized carbons (Fsp3) is 0.700. The molecule has 1 fully saturated rings. The van der Waals surface area contributed by atoms with Crippen molar-refractivity contribution in [3.63, 3.8) is 0 Å². The lowest BCUT2D eigenvalue weighted by Gasteiger charge is -1.88. The van der Waals surface area contributed by atoms with E-state index in [1.165, 1.54) is 12.8 Å². The first-order chi connectivity index (χ1) is 5.75. The number of allylic oxidation sites excluding steroid dienone is 2. The van der Waals surface area contributed by atoms with Gasteiger partial charge in [0, 0.05) is 0 Å². The Morgan fingerprint density at radius 3 is 2.92 bits per heavy atom. The molecule has 2 nitrogen and oxygen atoms in total. The molecule has 1 aliphatic carbocycles. The van der Waals surface area contributed by atoms with Crippen LogP contribution in [0.1, 0.15) is 32.6 Å². The van der Waals surface area contributed by atoms with Crippen LogP contribution in [-0.2, 0) is 4.79 Å². The fourth-order valence-electron chi connectivity index (χ4n) is 1.30. The smallest absolute Gasteiger partial charge is 0.307 e. The van der Waals surface area contributed by atoms with Gasteiger partial charge < -0.3 is 5.11 Å². The largest absolute Gasteiger partial charge is 0.481 e. The Bertz CT molecular complexity index is 184. The standard InChI is InChI=1S/C10H16O2/c1-2-3-4-5-6-8-7-9(8)10(11)12/h5-6,8-9H,2-4,7H2,1H3,(H,11,12). The molecule has 1 saturated carbocycles. The second-order valence-electron chi connectivity index (χ2n) is 3.41. The average molecular weight is 168 g/mol. The third-order valence-electron chi connectivity index (χ3n) is 2.26. The van der Waals surface area contributed by atoms with E-state index in [0.717, 1.165) is 12.8 Å². The summed E-state index contributed by atoms with van der Waals surface area (Å²) in [5, 5.41) is 8.59. The molecule has 1 aliphatic rings. The van der Waals surface area contributed by atoms with E-state index in [4.69, 9.17) is 5.11 Å². The van der Waals surface area contributed by atoms with Crippen LogP contribution in [0.5, 0.6) is 0 Å². The molecule has 1 N–H and O–H groups in total. The maximum atomic E-state index is 10.4. The van der Waals surface area contributed by atoms with Gasteiger partial charge in [-0.1, -0.05) is 31.9 Å². The van der Waals surface area contributed by atoms with Crippen molar-refractivity contribution in [1.29, 1.82) is 0 Å². The van der Waals surface area contributed by atoms with Crippen molar-refractivity contribution in [2.24, 2.45) is 11.8 Å². The van der Waals surface area contributed by atoms with Crippen molar-refractivity contribution in [2.75, 3.05) is 0 Å². The minimum Gasteiger partial charge on any atom is -0.481 e. The lowest BCUT2D eigenvalue weighted by molar-refractivity contribution is -0.138. The minimum atomic E-state index is -0.639. The molecule has 0 aliphatic heterocycles. The Morgan fingerprint density at radius 1 is 1.67 bits per heavy atom. The van der Waals surface area contributed by atoms with E-state index in [1.54, 1.807) is 0 Å². The Hall–Kier alpha value is -0.790. The summed E-state index contributed by atoms with van der Waals surface area (Å²) >= 11 is 0. The average Bonchev–Trinajstić information content (AvgIpc) is 2.77. The van der Waals surface area contributed by atoms with Crippen molar-refractivity contribution >= 4 is 5.97 Å². The molecule has 0 aromatic rings. The zero-order valence-corrected chi connectivity index (χ0v) is 7.49. The molecule has 0 aromatic carbocycles. The first-order valence-electron chi connectivity index (χ1n) is 4.65. The van der Waals surface area contributed by atoms with Crippen LogP contribution < -0.4 is 0 Å². The number of rotatable bonds is 5. The highest BCUT2D eigenvalue weighted by Crippen LogP contribution is 2.39. The summed E-state index contributed by atoms with van der Waals surface area (Å²) in [4.78, 5) is 10.4. The van der Waals surface area contributed by atoms with Crippen LogP contribution in [0.4, 0.5) is 0 Å². The molecule has 0 radical (unpaired) electrons. The zero-order chi connectivity index (χ0) is 8.97. The van der Waals surface area contributed by atoms with Crippen molar-refractivity contribution in [3.05, 3.63) is 12.2 Å². The quantitative estimate of drug-likeness (QED) is 0.505. The summed E-state index contributed by atoms with van der Waals surface area (Å²) in [5.74, 6) is -0.387. The molecule has 0 aromatic heterocycles. The maximum Gasteiger partial charge on any atom is 0.307 e. The SMILES string of the molecule is CCCCC=CC1CC1C(=O)O. The Balaban J connectivity index is 2.10. The van der Waals surface area contributed by atoms with Gasteiger partial charge in [-0.3, -0.25) is 4.79 Å². The molecule has 2 atom stereocenters. The maximum absolute atomic E-state index is 10.4. The van der Waals surface area contributed by atoms with E-state index >= 15 is 0 Å². The van der Waals surface area contributed by atoms with Crippen LogP contribution in [-0.4, -0.2) is 11.1 Å². The van der Waals surface area contributed by atoms with Gasteiger partial charge in [0.05, 0.1) is 5.92 Å². The summed E-state index contributed by atoms with van der Waals surface area (Å²) < 4.78 is 0. The zero-order valence-electron chi connectivity index (χ0n) is 7.49. The normalized spacial score (nSPS) is 27.8. The molecule has 0 spiro atoms. The Labute approximate surface area is 73.3 Å². The van der Waals surface area contributed by atoms with E-state index in [9.17, 15) is 4.79 Å². The van der Waals surface area contributed by atoms with Crippen LogP contribution in [0.2, 0.25) is 0 Å². The van der Waals surface area contributed by atoms with E-state index in [0.29, 0.717) is 5.92 Å². The van der Waals surface area contributed by atoms with Gasteiger partial charge in [0.2, 0.25) is 0 Å². The first kappa shape index (κ1) is 9.30. The number of hydrogen-bond donors (Lipinski definition) is 1. The van der Waals surface area contributed by atoms with E-state index in [2.05, 4.69) is 19.1 Å². The predicted octanol–water partition coefficient (Wildman–Crippen LogP) is 2.45. The molecule has 0 heterocycles. The van der Waals surface area contributed by atoms with Crippen LogP contribution in [0.3, 0.4) is 0 Å². The number of unbranched alkanes of at least 4 members (excludes halogenated alkanes) is 2. The Morgan fingerprint density at radius 2 is 2.42 bits per heavy atom. The molecule has 0 saturated heterocycles. The molecular weight excluding hydrogens is 152 g/mol. The fourth-order valence-corrected chi connectivity index (χ4v) is 1.30. The van der Waals surface area contributed by atoms with Gasteiger partial charge in [-0.05, 0) is 18.8 Å². The predicted molar refractivity (Wildman–Crippen MR) is 47.9 cm³/mol. The molecule has 2 heteroatoms.